The number of aliphatic hydroxyl groups excluding tert-OH is 1. The molecule has 1 aliphatic heterocycles. The van der Waals surface area contributed by atoms with E-state index >= 15 is 0 Å². The highest BCUT2D eigenvalue weighted by Gasteiger charge is 2.28. The van der Waals surface area contributed by atoms with Crippen LogP contribution in [0.15, 0.2) is 28.9 Å². The number of ether oxygens (including phenoxy) is 1. The summed E-state index contributed by atoms with van der Waals surface area (Å²) in [6.45, 7) is 11.8. The van der Waals surface area contributed by atoms with E-state index in [2.05, 4.69) is 34.2 Å². The summed E-state index contributed by atoms with van der Waals surface area (Å²) in [5.41, 5.74) is 5.92. The monoisotopic (exact) mass is 563 g/mol. The first-order valence-electron chi connectivity index (χ1n) is 13.3. The Morgan fingerprint density at radius 2 is 1.95 bits per heavy atom. The highest BCUT2D eigenvalue weighted by atomic mass is 35.5. The number of halogens is 1. The Balaban J connectivity index is 1.59. The smallest absolute Gasteiger partial charge is 0.163 e. The van der Waals surface area contributed by atoms with Crippen molar-refractivity contribution in [2.45, 2.75) is 59.7 Å². The lowest BCUT2D eigenvalue weighted by Gasteiger charge is -2.22. The Bertz CT molecular complexity index is 1520. The van der Waals surface area contributed by atoms with Gasteiger partial charge in [-0.3, -0.25) is 0 Å². The van der Waals surface area contributed by atoms with Crippen molar-refractivity contribution in [3.05, 3.63) is 63.5 Å². The van der Waals surface area contributed by atoms with Gasteiger partial charge in [0.1, 0.15) is 35.9 Å². The molecular formula is C29H34ClN7O3. The first-order valence-corrected chi connectivity index (χ1v) is 13.7. The number of hydrogen-bond donors (Lipinski definition) is 2. The lowest BCUT2D eigenvalue weighted by atomic mass is 10.0. The van der Waals surface area contributed by atoms with Crippen molar-refractivity contribution < 1.29 is 14.4 Å². The van der Waals surface area contributed by atoms with Crippen LogP contribution < -0.4 is 15.0 Å². The average Bonchev–Trinajstić information content (AvgIpc) is 3.50. The van der Waals surface area contributed by atoms with Crippen molar-refractivity contribution in [3.8, 4) is 28.4 Å². The highest BCUT2D eigenvalue weighted by molar-refractivity contribution is 6.33. The molecule has 11 heteroatoms. The van der Waals surface area contributed by atoms with Gasteiger partial charge in [0.05, 0.1) is 34.2 Å². The van der Waals surface area contributed by atoms with Gasteiger partial charge in [-0.2, -0.15) is 0 Å². The number of aliphatic hydroxyl groups is 1. The number of anilines is 1. The third kappa shape index (κ3) is 5.52. The molecule has 1 atom stereocenters. The van der Waals surface area contributed by atoms with Gasteiger partial charge < -0.3 is 24.6 Å². The van der Waals surface area contributed by atoms with E-state index in [-0.39, 0.29) is 12.5 Å². The topological polar surface area (TPSA) is 122 Å². The van der Waals surface area contributed by atoms with Gasteiger partial charge in [-0.05, 0) is 46.0 Å². The van der Waals surface area contributed by atoms with Crippen molar-refractivity contribution >= 4 is 17.4 Å². The molecule has 4 aromatic rings. The largest absolute Gasteiger partial charge is 0.491 e. The van der Waals surface area contributed by atoms with Crippen molar-refractivity contribution in [3.63, 3.8) is 0 Å². The van der Waals surface area contributed by atoms with Gasteiger partial charge in [0, 0.05) is 41.9 Å². The minimum Gasteiger partial charge on any atom is -0.491 e. The number of aromatic nitrogens is 5. The van der Waals surface area contributed by atoms with Crippen LogP contribution in [-0.2, 0) is 13.1 Å². The average molecular weight is 564 g/mol. The Morgan fingerprint density at radius 1 is 1.15 bits per heavy atom. The maximum absolute atomic E-state index is 10.1. The van der Waals surface area contributed by atoms with Gasteiger partial charge in [-0.15, -0.1) is 0 Å². The molecule has 4 heterocycles. The summed E-state index contributed by atoms with van der Waals surface area (Å²) < 4.78 is 11.4. The molecule has 10 nitrogen and oxygen atoms in total. The van der Waals surface area contributed by atoms with Crippen LogP contribution in [0.3, 0.4) is 0 Å². The van der Waals surface area contributed by atoms with E-state index in [1.165, 1.54) is 0 Å². The van der Waals surface area contributed by atoms with Gasteiger partial charge >= 0.3 is 0 Å². The maximum Gasteiger partial charge on any atom is 0.163 e. The van der Waals surface area contributed by atoms with Crippen LogP contribution in [0, 0.1) is 20.8 Å². The molecule has 0 fully saturated rings. The summed E-state index contributed by atoms with van der Waals surface area (Å²) in [5, 5.41) is 17.7. The van der Waals surface area contributed by atoms with E-state index in [1.54, 1.807) is 25.2 Å². The molecule has 1 aliphatic rings. The lowest BCUT2D eigenvalue weighted by molar-refractivity contribution is 0.108. The molecule has 1 aromatic carbocycles. The summed E-state index contributed by atoms with van der Waals surface area (Å²) in [5.74, 6) is 3.54. The normalized spacial score (nSPS) is 13.7. The second kappa shape index (κ2) is 11.5. The standard InChI is InChI=1S/C29H34ClN7O3/c1-15(2)27-32-10-19-12-37(13-24(19)33-27)29-16(3)26(25-17(4)36-40-18(25)5)34-28(35-29)22-9-21(7-8-23(22)30)39-14-20(38)11-31-6/h7-10,15,20,31,38H,11-14H2,1-6H3. The zero-order valence-electron chi connectivity index (χ0n) is 23.6. The second-order valence-electron chi connectivity index (χ2n) is 10.4. The van der Waals surface area contributed by atoms with Gasteiger partial charge in [-0.25, -0.2) is 19.9 Å². The van der Waals surface area contributed by atoms with Crippen molar-refractivity contribution in [2.75, 3.05) is 25.1 Å². The van der Waals surface area contributed by atoms with Crippen LogP contribution in [-0.4, -0.2) is 56.5 Å². The summed E-state index contributed by atoms with van der Waals surface area (Å²) in [7, 11) is 1.78. The molecule has 0 amide bonds. The van der Waals surface area contributed by atoms with Gasteiger partial charge in [0.15, 0.2) is 5.82 Å². The van der Waals surface area contributed by atoms with E-state index in [4.69, 9.17) is 35.8 Å². The lowest BCUT2D eigenvalue weighted by Crippen LogP contribution is -2.29. The molecule has 3 aromatic heterocycles. The fourth-order valence-corrected chi connectivity index (χ4v) is 5.05. The molecule has 0 aliphatic carbocycles. The molecule has 2 N–H and O–H groups in total. The quantitative estimate of drug-likeness (QED) is 0.294. The van der Waals surface area contributed by atoms with Crippen LogP contribution in [0.2, 0.25) is 5.02 Å². The number of nitrogens with zero attached hydrogens (tertiary/aromatic N) is 6. The molecular weight excluding hydrogens is 530 g/mol. The zero-order chi connectivity index (χ0) is 28.6. The predicted molar refractivity (Wildman–Crippen MR) is 154 cm³/mol. The van der Waals surface area contributed by atoms with Crippen molar-refractivity contribution in [2.24, 2.45) is 0 Å². The van der Waals surface area contributed by atoms with Crippen LogP contribution in [0.4, 0.5) is 5.82 Å². The predicted octanol–water partition coefficient (Wildman–Crippen LogP) is 4.77. The SMILES string of the molecule is CNCC(O)COc1ccc(Cl)c(-c2nc(-c3c(C)noc3C)c(C)c(N3Cc4cnc(C(C)C)nc4C3)n2)c1. The second-order valence-corrected chi connectivity index (χ2v) is 10.8. The molecule has 5 rings (SSSR count). The fraction of sp³-hybridized carbons (Fsp3) is 0.414. The molecule has 40 heavy (non-hydrogen) atoms. The van der Waals surface area contributed by atoms with E-state index in [0.717, 1.165) is 45.4 Å². The minimum atomic E-state index is -0.645. The van der Waals surface area contributed by atoms with Gasteiger partial charge in [0.2, 0.25) is 0 Å². The summed E-state index contributed by atoms with van der Waals surface area (Å²) in [6, 6.07) is 5.33. The molecule has 0 saturated carbocycles. The molecule has 1 unspecified atom stereocenters. The fourth-order valence-electron chi connectivity index (χ4n) is 4.85. The third-order valence-corrected chi connectivity index (χ3v) is 7.27. The number of benzene rings is 1. The van der Waals surface area contributed by atoms with E-state index in [0.29, 0.717) is 47.6 Å². The summed E-state index contributed by atoms with van der Waals surface area (Å²) in [6.07, 6.45) is 1.28. The van der Waals surface area contributed by atoms with E-state index in [9.17, 15) is 5.11 Å². The Kier molecular flexibility index (Phi) is 8.02. The number of fused-ring (bicyclic) bond motifs is 1. The van der Waals surface area contributed by atoms with Crippen LogP contribution in [0.5, 0.6) is 5.75 Å². The zero-order valence-corrected chi connectivity index (χ0v) is 24.4. The molecule has 0 saturated heterocycles. The molecule has 0 spiro atoms. The van der Waals surface area contributed by atoms with Crippen molar-refractivity contribution in [1.82, 2.24) is 30.4 Å². The first-order chi connectivity index (χ1) is 19.2. The Morgan fingerprint density at radius 3 is 2.65 bits per heavy atom. The number of nitrogens with one attached hydrogen (secondary N) is 1. The van der Waals surface area contributed by atoms with Crippen LogP contribution >= 0.6 is 11.6 Å². The minimum absolute atomic E-state index is 0.137. The van der Waals surface area contributed by atoms with Gasteiger partial charge in [-0.1, -0.05) is 30.6 Å². The molecule has 0 radical (unpaired) electrons. The number of likely N-dealkylation sites (N-methyl/N-ethyl adjacent to an activating group) is 1. The third-order valence-electron chi connectivity index (χ3n) is 6.94. The number of aryl methyl sites for hydroxylation is 2. The summed E-state index contributed by atoms with van der Waals surface area (Å²) in [4.78, 5) is 21.6. The maximum atomic E-state index is 10.1. The molecule has 210 valence electrons. The van der Waals surface area contributed by atoms with Crippen LogP contribution in [0.25, 0.3) is 22.6 Å². The summed E-state index contributed by atoms with van der Waals surface area (Å²) >= 11 is 6.70. The number of hydrogen-bond acceptors (Lipinski definition) is 10. The van der Waals surface area contributed by atoms with Crippen LogP contribution in [0.1, 0.15) is 53.9 Å². The first kappa shape index (κ1) is 27.9. The van der Waals surface area contributed by atoms with E-state index < -0.39 is 6.10 Å². The van der Waals surface area contributed by atoms with Gasteiger partial charge in [0.25, 0.3) is 0 Å². The van der Waals surface area contributed by atoms with E-state index in [1.807, 2.05) is 27.0 Å². The molecule has 0 bridgehead atoms. The Labute approximate surface area is 238 Å². The van der Waals surface area contributed by atoms with Crippen molar-refractivity contribution in [1.29, 1.82) is 0 Å². The highest BCUT2D eigenvalue weighted by Crippen LogP contribution is 2.39. The number of rotatable bonds is 9. The Hall–Kier alpha value is -3.60.